The number of hydrogen-bond donors (Lipinski definition) is 2. The summed E-state index contributed by atoms with van der Waals surface area (Å²) in [7, 11) is 4.44. The molecule has 0 radical (unpaired) electrons. The van der Waals surface area contributed by atoms with Crippen LogP contribution in [0, 0.1) is 5.92 Å². The van der Waals surface area contributed by atoms with Crippen LogP contribution in [0.5, 0.6) is 17.2 Å². The maximum atomic E-state index is 13.2. The predicted molar refractivity (Wildman–Crippen MR) is 120 cm³/mol. The average molecular weight is 441 g/mol. The maximum absolute atomic E-state index is 13.2. The fraction of sp³-hybridized carbons (Fsp3) is 0.348. The van der Waals surface area contributed by atoms with E-state index in [1.807, 2.05) is 13.8 Å². The summed E-state index contributed by atoms with van der Waals surface area (Å²) in [5.74, 6) is -0.130. The van der Waals surface area contributed by atoms with E-state index < -0.39 is 11.9 Å². The van der Waals surface area contributed by atoms with Crippen LogP contribution in [0.4, 0.5) is 11.4 Å². The van der Waals surface area contributed by atoms with Crippen molar-refractivity contribution in [1.29, 1.82) is 0 Å². The normalized spacial score (nSPS) is 15.6. The number of nitrogens with zero attached hydrogens (tertiary/aromatic N) is 1. The highest BCUT2D eigenvalue weighted by Gasteiger charge is 2.36. The van der Waals surface area contributed by atoms with Gasteiger partial charge in [0, 0.05) is 17.8 Å². The lowest BCUT2D eigenvalue weighted by Crippen LogP contribution is -2.50. The third kappa shape index (κ3) is 4.46. The molecule has 0 unspecified atom stereocenters. The second-order valence-corrected chi connectivity index (χ2v) is 7.60. The van der Waals surface area contributed by atoms with Gasteiger partial charge in [-0.2, -0.15) is 0 Å². The zero-order chi connectivity index (χ0) is 23.4. The molecule has 3 rings (SSSR count). The third-order valence-electron chi connectivity index (χ3n) is 5.18. The molecule has 9 heteroatoms. The number of para-hydroxylation sites is 1. The van der Waals surface area contributed by atoms with Crippen molar-refractivity contribution in [2.24, 2.45) is 5.92 Å². The van der Waals surface area contributed by atoms with Crippen LogP contribution in [0.3, 0.4) is 0 Å². The van der Waals surface area contributed by atoms with E-state index in [0.717, 1.165) is 0 Å². The minimum atomic E-state index is -0.746. The average Bonchev–Trinajstić information content (AvgIpc) is 2.88. The zero-order valence-corrected chi connectivity index (χ0v) is 18.7. The van der Waals surface area contributed by atoms with Crippen LogP contribution in [0.1, 0.15) is 24.2 Å². The zero-order valence-electron chi connectivity index (χ0n) is 18.7. The van der Waals surface area contributed by atoms with Gasteiger partial charge in [-0.15, -0.1) is 0 Å². The number of nitrogens with one attached hydrogen (secondary N) is 2. The summed E-state index contributed by atoms with van der Waals surface area (Å²) >= 11 is 0. The highest BCUT2D eigenvalue weighted by Crippen LogP contribution is 2.40. The number of ether oxygens (including phenoxy) is 3. The SMILES string of the molecule is COc1cc(NC(=O)CN2C(=O)[C@@H](C(C)C)NC(=O)c3ccccc32)cc(OC)c1OC. The number of carbonyl (C=O) groups excluding carboxylic acids is 3. The highest BCUT2D eigenvalue weighted by molar-refractivity contribution is 6.13. The Morgan fingerprint density at radius 3 is 2.25 bits per heavy atom. The Bertz CT molecular complexity index is 1010. The molecule has 2 N–H and O–H groups in total. The maximum Gasteiger partial charge on any atom is 0.254 e. The number of rotatable bonds is 7. The van der Waals surface area contributed by atoms with E-state index in [9.17, 15) is 14.4 Å². The molecule has 0 saturated heterocycles. The Labute approximate surface area is 186 Å². The van der Waals surface area contributed by atoms with E-state index in [0.29, 0.717) is 34.2 Å². The first-order chi connectivity index (χ1) is 15.3. The van der Waals surface area contributed by atoms with Gasteiger partial charge in [-0.1, -0.05) is 26.0 Å². The minimum Gasteiger partial charge on any atom is -0.493 e. The molecule has 32 heavy (non-hydrogen) atoms. The number of anilines is 2. The lowest BCUT2D eigenvalue weighted by Gasteiger charge is -2.26. The Morgan fingerprint density at radius 2 is 1.69 bits per heavy atom. The van der Waals surface area contributed by atoms with Gasteiger partial charge in [0.1, 0.15) is 12.6 Å². The Morgan fingerprint density at radius 1 is 1.06 bits per heavy atom. The number of benzene rings is 2. The molecule has 9 nitrogen and oxygen atoms in total. The van der Waals surface area contributed by atoms with E-state index >= 15 is 0 Å². The summed E-state index contributed by atoms with van der Waals surface area (Å²) in [4.78, 5) is 40.2. The number of methoxy groups -OCH3 is 3. The van der Waals surface area contributed by atoms with Gasteiger partial charge in [-0.05, 0) is 18.1 Å². The van der Waals surface area contributed by atoms with E-state index in [-0.39, 0.29) is 24.3 Å². The smallest absolute Gasteiger partial charge is 0.254 e. The molecule has 0 saturated carbocycles. The number of fused-ring (bicyclic) bond motifs is 1. The summed E-state index contributed by atoms with van der Waals surface area (Å²) in [6, 6.07) is 9.17. The largest absolute Gasteiger partial charge is 0.493 e. The van der Waals surface area contributed by atoms with Crippen molar-refractivity contribution >= 4 is 29.1 Å². The molecule has 0 bridgehead atoms. The fourth-order valence-electron chi connectivity index (χ4n) is 3.58. The highest BCUT2D eigenvalue weighted by atomic mass is 16.5. The Balaban J connectivity index is 1.91. The molecule has 170 valence electrons. The Hall–Kier alpha value is -3.75. The number of hydrogen-bond acceptors (Lipinski definition) is 6. The van der Waals surface area contributed by atoms with Gasteiger partial charge in [-0.25, -0.2) is 0 Å². The fourth-order valence-corrected chi connectivity index (χ4v) is 3.58. The molecule has 1 aliphatic heterocycles. The number of carbonyl (C=O) groups is 3. The van der Waals surface area contributed by atoms with Gasteiger partial charge in [0.2, 0.25) is 17.6 Å². The topological polar surface area (TPSA) is 106 Å². The molecule has 0 fully saturated rings. The van der Waals surface area contributed by atoms with Crippen molar-refractivity contribution < 1.29 is 28.6 Å². The first-order valence-electron chi connectivity index (χ1n) is 10.1. The van der Waals surface area contributed by atoms with Gasteiger partial charge < -0.3 is 29.7 Å². The van der Waals surface area contributed by atoms with Crippen molar-refractivity contribution in [2.45, 2.75) is 19.9 Å². The van der Waals surface area contributed by atoms with Crippen LogP contribution in [-0.2, 0) is 9.59 Å². The van der Waals surface area contributed by atoms with Gasteiger partial charge in [-0.3, -0.25) is 14.4 Å². The van der Waals surface area contributed by atoms with Crippen LogP contribution in [0.25, 0.3) is 0 Å². The van der Waals surface area contributed by atoms with Gasteiger partial charge in [0.05, 0.1) is 32.6 Å². The first-order valence-corrected chi connectivity index (χ1v) is 10.1. The molecular weight excluding hydrogens is 414 g/mol. The second kappa shape index (κ2) is 9.59. The van der Waals surface area contributed by atoms with Crippen LogP contribution in [0.15, 0.2) is 36.4 Å². The summed E-state index contributed by atoms with van der Waals surface area (Å²) in [5, 5.41) is 5.53. The molecule has 1 aliphatic rings. The van der Waals surface area contributed by atoms with E-state index in [1.54, 1.807) is 36.4 Å². The molecule has 3 amide bonds. The van der Waals surface area contributed by atoms with Gasteiger partial charge in [0.15, 0.2) is 11.5 Å². The van der Waals surface area contributed by atoms with Crippen molar-refractivity contribution in [2.75, 3.05) is 38.1 Å². The van der Waals surface area contributed by atoms with E-state index in [1.165, 1.54) is 26.2 Å². The van der Waals surface area contributed by atoms with Crippen molar-refractivity contribution in [3.63, 3.8) is 0 Å². The van der Waals surface area contributed by atoms with Crippen molar-refractivity contribution in [3.05, 3.63) is 42.0 Å². The lowest BCUT2D eigenvalue weighted by atomic mass is 10.0. The molecule has 2 aromatic rings. The summed E-state index contributed by atoms with van der Waals surface area (Å²) < 4.78 is 15.9. The molecule has 1 heterocycles. The molecule has 0 aromatic heterocycles. The number of amides is 3. The van der Waals surface area contributed by atoms with Crippen LogP contribution in [0.2, 0.25) is 0 Å². The summed E-state index contributed by atoms with van der Waals surface area (Å²) in [6.45, 7) is 3.41. The lowest BCUT2D eigenvalue weighted by molar-refractivity contribution is -0.123. The van der Waals surface area contributed by atoms with Crippen molar-refractivity contribution in [3.8, 4) is 17.2 Å². The quantitative estimate of drug-likeness (QED) is 0.684. The monoisotopic (exact) mass is 441 g/mol. The van der Waals surface area contributed by atoms with E-state index in [4.69, 9.17) is 14.2 Å². The Kier molecular flexibility index (Phi) is 6.87. The summed E-state index contributed by atoms with van der Waals surface area (Å²) in [5.41, 5.74) is 1.14. The first kappa shape index (κ1) is 22.9. The standard InChI is InChI=1S/C23H27N3O6/c1-13(2)20-23(29)26(16-9-7-6-8-15(16)22(28)25-20)12-19(27)24-14-10-17(30-3)21(32-5)18(11-14)31-4/h6-11,13,20H,12H2,1-5H3,(H,24,27)(H,25,28)/t20-/m1/s1. The van der Waals surface area contributed by atoms with Gasteiger partial charge in [0.25, 0.3) is 5.91 Å². The molecule has 1 atom stereocenters. The summed E-state index contributed by atoms with van der Waals surface area (Å²) in [6.07, 6.45) is 0. The molecular formula is C23H27N3O6. The molecule has 0 aliphatic carbocycles. The van der Waals surface area contributed by atoms with Gasteiger partial charge >= 0.3 is 0 Å². The second-order valence-electron chi connectivity index (χ2n) is 7.60. The van der Waals surface area contributed by atoms with Crippen LogP contribution >= 0.6 is 0 Å². The molecule has 2 aromatic carbocycles. The van der Waals surface area contributed by atoms with E-state index in [2.05, 4.69) is 10.6 Å². The van der Waals surface area contributed by atoms with Crippen molar-refractivity contribution in [1.82, 2.24) is 5.32 Å². The third-order valence-corrected chi connectivity index (χ3v) is 5.18. The predicted octanol–water partition coefficient (Wildman–Crippen LogP) is 2.45. The van der Waals surface area contributed by atoms with Crippen LogP contribution < -0.4 is 29.7 Å². The minimum absolute atomic E-state index is 0.151. The van der Waals surface area contributed by atoms with Crippen LogP contribution in [-0.4, -0.2) is 51.6 Å². The molecule has 0 spiro atoms.